The zero-order valence-corrected chi connectivity index (χ0v) is 14.3. The van der Waals surface area contributed by atoms with Crippen LogP contribution in [0.3, 0.4) is 0 Å². The van der Waals surface area contributed by atoms with Crippen molar-refractivity contribution in [3.8, 4) is 0 Å². The highest BCUT2D eigenvalue weighted by atomic mass is 127. The van der Waals surface area contributed by atoms with Gasteiger partial charge in [-0.3, -0.25) is 9.59 Å². The molecule has 1 saturated carbocycles. The van der Waals surface area contributed by atoms with E-state index in [4.69, 9.17) is 4.74 Å². The van der Waals surface area contributed by atoms with Crippen molar-refractivity contribution in [3.63, 3.8) is 0 Å². The van der Waals surface area contributed by atoms with E-state index in [2.05, 4.69) is 22.6 Å². The smallest absolute Gasteiger partial charge is 0.310 e. The lowest BCUT2D eigenvalue weighted by molar-refractivity contribution is -0.151. The Morgan fingerprint density at radius 2 is 2.00 bits per heavy atom. The van der Waals surface area contributed by atoms with Crippen molar-refractivity contribution in [2.24, 2.45) is 17.8 Å². The molecule has 1 aliphatic carbocycles. The van der Waals surface area contributed by atoms with Gasteiger partial charge in [-0.2, -0.15) is 0 Å². The van der Waals surface area contributed by atoms with Gasteiger partial charge in [-0.05, 0) is 24.3 Å². The normalized spacial score (nSPS) is 37.0. The summed E-state index contributed by atoms with van der Waals surface area (Å²) in [6, 6.07) is 10.1. The summed E-state index contributed by atoms with van der Waals surface area (Å²) >= 11 is 2.38. The molecule has 2 aliphatic heterocycles. The summed E-state index contributed by atoms with van der Waals surface area (Å²) in [6.07, 6.45) is 1.71. The number of nitrogens with zero attached hydrogens (tertiary/aromatic N) is 1. The predicted molar refractivity (Wildman–Crippen MR) is 89.3 cm³/mol. The third-order valence-corrected chi connectivity index (χ3v) is 6.99. The molecular weight excluding hydrogens is 393 g/mol. The number of ether oxygens (including phenoxy) is 1. The Kier molecular flexibility index (Phi) is 3.63. The third kappa shape index (κ3) is 2.25. The second kappa shape index (κ2) is 5.51. The quantitative estimate of drug-likeness (QED) is 0.427. The van der Waals surface area contributed by atoms with Gasteiger partial charge >= 0.3 is 5.97 Å². The molecule has 4 nitrogen and oxygen atoms in total. The van der Waals surface area contributed by atoms with Crippen molar-refractivity contribution in [2.45, 2.75) is 29.4 Å². The van der Waals surface area contributed by atoms with Crippen LogP contribution in [-0.4, -0.2) is 33.3 Å². The summed E-state index contributed by atoms with van der Waals surface area (Å²) < 4.78 is 5.75. The number of rotatable bonds is 2. The van der Waals surface area contributed by atoms with Gasteiger partial charge in [-0.1, -0.05) is 52.9 Å². The zero-order valence-electron chi connectivity index (χ0n) is 12.2. The highest BCUT2D eigenvalue weighted by Gasteiger charge is 2.57. The Bertz CT molecular complexity index is 605. The Balaban J connectivity index is 1.57. The molecule has 116 valence electrons. The molecule has 5 atom stereocenters. The molecule has 1 aromatic rings. The molecule has 1 aromatic carbocycles. The molecule has 2 heterocycles. The number of hydrogen-bond donors (Lipinski definition) is 0. The molecule has 2 saturated heterocycles. The topological polar surface area (TPSA) is 46.6 Å². The van der Waals surface area contributed by atoms with Crippen LogP contribution >= 0.6 is 22.6 Å². The number of carbonyl (C=O) groups is 2. The SMILES string of the molecule is O=C1OC2C[C@H]1[C@@H]1C(=O)N(Cc3ccccc3)CCC1C2I. The number of benzene rings is 1. The van der Waals surface area contributed by atoms with Crippen LogP contribution in [0.25, 0.3) is 0 Å². The van der Waals surface area contributed by atoms with E-state index in [0.29, 0.717) is 6.54 Å². The van der Waals surface area contributed by atoms with E-state index >= 15 is 0 Å². The zero-order chi connectivity index (χ0) is 15.3. The number of amides is 1. The number of esters is 1. The third-order valence-electron chi connectivity index (χ3n) is 5.26. The largest absolute Gasteiger partial charge is 0.461 e. The van der Waals surface area contributed by atoms with Crippen LogP contribution in [0.4, 0.5) is 0 Å². The molecule has 3 fully saturated rings. The minimum Gasteiger partial charge on any atom is -0.461 e. The van der Waals surface area contributed by atoms with Crippen molar-refractivity contribution in [2.75, 3.05) is 6.54 Å². The maximum Gasteiger partial charge on any atom is 0.310 e. The van der Waals surface area contributed by atoms with E-state index in [9.17, 15) is 9.59 Å². The number of likely N-dealkylation sites (tertiary alicyclic amines) is 1. The van der Waals surface area contributed by atoms with Gasteiger partial charge in [0.05, 0.1) is 15.8 Å². The second-order valence-electron chi connectivity index (χ2n) is 6.49. The molecule has 4 rings (SSSR count). The van der Waals surface area contributed by atoms with Gasteiger partial charge in [-0.15, -0.1) is 0 Å². The lowest BCUT2D eigenvalue weighted by Crippen LogP contribution is -2.53. The average molecular weight is 411 g/mol. The summed E-state index contributed by atoms with van der Waals surface area (Å²) in [5.74, 6) is -0.119. The van der Waals surface area contributed by atoms with E-state index in [1.807, 2.05) is 35.2 Å². The van der Waals surface area contributed by atoms with Gasteiger partial charge in [0.15, 0.2) is 0 Å². The first kappa shape index (κ1) is 14.5. The first-order valence-corrected chi connectivity index (χ1v) is 9.07. The maximum atomic E-state index is 13.0. The summed E-state index contributed by atoms with van der Waals surface area (Å²) in [6.45, 7) is 1.42. The summed E-state index contributed by atoms with van der Waals surface area (Å²) in [5.41, 5.74) is 1.14. The monoisotopic (exact) mass is 411 g/mol. The summed E-state index contributed by atoms with van der Waals surface area (Å²) in [4.78, 5) is 27.0. The molecule has 22 heavy (non-hydrogen) atoms. The molecular formula is C17H18INO3. The van der Waals surface area contributed by atoms with Gasteiger partial charge in [0.25, 0.3) is 0 Å². The minimum atomic E-state index is -0.216. The van der Waals surface area contributed by atoms with Crippen LogP contribution in [0.1, 0.15) is 18.4 Å². The average Bonchev–Trinajstić information content (AvgIpc) is 2.86. The van der Waals surface area contributed by atoms with E-state index in [1.54, 1.807) is 0 Å². The van der Waals surface area contributed by atoms with E-state index in [1.165, 1.54) is 0 Å². The molecule has 0 spiro atoms. The van der Waals surface area contributed by atoms with Gasteiger partial charge in [0.2, 0.25) is 5.91 Å². The van der Waals surface area contributed by atoms with Crippen LogP contribution in [0.2, 0.25) is 0 Å². The Hall–Kier alpha value is -1.11. The Morgan fingerprint density at radius 3 is 2.77 bits per heavy atom. The predicted octanol–water partition coefficient (Wildman–Crippen LogP) is 2.40. The minimum absolute atomic E-state index is 0.0211. The summed E-state index contributed by atoms with van der Waals surface area (Å²) in [5, 5.41) is 0. The Morgan fingerprint density at radius 1 is 1.23 bits per heavy atom. The van der Waals surface area contributed by atoms with E-state index < -0.39 is 0 Å². The Labute approximate surface area is 143 Å². The van der Waals surface area contributed by atoms with Gasteiger partial charge in [0, 0.05) is 13.1 Å². The number of piperidine rings is 1. The molecule has 3 aliphatic rings. The number of carbonyl (C=O) groups excluding carboxylic acids is 2. The van der Waals surface area contributed by atoms with Crippen LogP contribution in [-0.2, 0) is 20.9 Å². The van der Waals surface area contributed by atoms with E-state index in [0.717, 1.165) is 24.9 Å². The standard InChI is InChI=1S/C17H18INO3/c18-15-11-6-7-19(9-10-4-2-1-3-5-10)16(20)14(11)12-8-13(15)22-17(12)21/h1-5,11-15H,6-9H2/t11?,12-,13?,14+,15?/m0/s1. The number of halogens is 1. The molecule has 0 aromatic heterocycles. The van der Waals surface area contributed by atoms with Crippen LogP contribution in [0.5, 0.6) is 0 Å². The lowest BCUT2D eigenvalue weighted by Gasteiger charge is -2.44. The molecule has 0 radical (unpaired) electrons. The van der Waals surface area contributed by atoms with Gasteiger partial charge in [0.1, 0.15) is 6.10 Å². The molecule has 5 heteroatoms. The first-order valence-electron chi connectivity index (χ1n) is 7.82. The fraction of sp³-hybridized carbons (Fsp3) is 0.529. The van der Waals surface area contributed by atoms with Crippen molar-refractivity contribution in [1.29, 1.82) is 0 Å². The van der Waals surface area contributed by atoms with Crippen molar-refractivity contribution in [3.05, 3.63) is 35.9 Å². The lowest BCUT2D eigenvalue weighted by atomic mass is 9.68. The van der Waals surface area contributed by atoms with E-state index in [-0.39, 0.29) is 39.7 Å². The van der Waals surface area contributed by atoms with Crippen LogP contribution in [0, 0.1) is 17.8 Å². The number of fused-ring (bicyclic) bond motifs is 4. The fourth-order valence-corrected chi connectivity index (χ4v) is 5.42. The second-order valence-corrected chi connectivity index (χ2v) is 7.92. The van der Waals surface area contributed by atoms with Gasteiger partial charge < -0.3 is 9.64 Å². The molecule has 3 unspecified atom stereocenters. The highest BCUT2D eigenvalue weighted by molar-refractivity contribution is 14.1. The maximum absolute atomic E-state index is 13.0. The van der Waals surface area contributed by atoms with Crippen molar-refractivity contribution >= 4 is 34.5 Å². The number of alkyl halides is 1. The van der Waals surface area contributed by atoms with Gasteiger partial charge in [-0.25, -0.2) is 0 Å². The molecule has 2 bridgehead atoms. The number of hydrogen-bond acceptors (Lipinski definition) is 3. The fourth-order valence-electron chi connectivity index (χ4n) is 4.17. The van der Waals surface area contributed by atoms with Crippen molar-refractivity contribution in [1.82, 2.24) is 4.90 Å². The van der Waals surface area contributed by atoms with Crippen LogP contribution < -0.4 is 0 Å². The molecule has 1 amide bonds. The summed E-state index contributed by atoms with van der Waals surface area (Å²) in [7, 11) is 0. The highest BCUT2D eigenvalue weighted by Crippen LogP contribution is 2.49. The van der Waals surface area contributed by atoms with Crippen molar-refractivity contribution < 1.29 is 14.3 Å². The molecule has 0 N–H and O–H groups in total. The first-order chi connectivity index (χ1) is 10.6. The van der Waals surface area contributed by atoms with Crippen LogP contribution in [0.15, 0.2) is 30.3 Å².